The van der Waals surface area contributed by atoms with Crippen LogP contribution in [0.2, 0.25) is 0 Å². The van der Waals surface area contributed by atoms with E-state index in [1.54, 1.807) is 0 Å². The third-order valence-corrected chi connectivity index (χ3v) is 13.1. The van der Waals surface area contributed by atoms with Crippen molar-refractivity contribution in [2.45, 2.75) is 27.7 Å². The molecule has 12 heteroatoms. The van der Waals surface area contributed by atoms with Crippen LogP contribution in [-0.2, 0) is 0 Å². The van der Waals surface area contributed by atoms with Gasteiger partial charge in [-0.25, -0.2) is 44.9 Å². The van der Waals surface area contributed by atoms with Gasteiger partial charge in [0.25, 0.3) is 0 Å². The summed E-state index contributed by atoms with van der Waals surface area (Å²) in [4.78, 5) is 48.1. The predicted octanol–water partition coefficient (Wildman–Crippen LogP) is 13.1. The van der Waals surface area contributed by atoms with Crippen molar-refractivity contribution in [2.75, 3.05) is 0 Å². The molecule has 0 N–H and O–H groups in total. The maximum Gasteiger partial charge on any atom is 0.164 e. The summed E-state index contributed by atoms with van der Waals surface area (Å²) >= 11 is 0. The van der Waals surface area contributed by atoms with Gasteiger partial charge < -0.3 is 9.13 Å². The lowest BCUT2D eigenvalue weighted by Crippen LogP contribution is -2.04. The van der Waals surface area contributed by atoms with E-state index in [9.17, 15) is 0 Å². The van der Waals surface area contributed by atoms with Crippen molar-refractivity contribution in [1.29, 1.82) is 0 Å². The minimum Gasteiger partial charge on any atom is -0.309 e. The first-order valence-corrected chi connectivity index (χ1v) is 23.7. The van der Waals surface area contributed by atoms with Gasteiger partial charge >= 0.3 is 0 Å². The number of aromatic nitrogens is 12. The van der Waals surface area contributed by atoms with Crippen LogP contribution in [0, 0.1) is 27.7 Å². The van der Waals surface area contributed by atoms with E-state index in [0.717, 1.165) is 93.9 Å². The van der Waals surface area contributed by atoms with Gasteiger partial charge in [0, 0.05) is 72.9 Å². The Kier molecular flexibility index (Phi) is 10.1. The lowest BCUT2D eigenvalue weighted by Gasteiger charge is -2.19. The van der Waals surface area contributed by atoms with Gasteiger partial charge in [0.05, 0.1) is 33.4 Å². The minimum atomic E-state index is 0.548. The van der Waals surface area contributed by atoms with Crippen molar-refractivity contribution in [3.8, 4) is 79.4 Å². The second kappa shape index (κ2) is 17.1. The second-order valence-electron chi connectivity index (χ2n) is 17.8. The molecular formula is C60H42N12. The molecule has 6 aromatic heterocycles. The van der Waals surface area contributed by atoms with Gasteiger partial charge in [-0.1, -0.05) is 109 Å². The van der Waals surface area contributed by atoms with Crippen LogP contribution >= 0.6 is 0 Å². The number of aryl methyl sites for hydroxylation is 4. The Balaban J connectivity index is 1.08. The van der Waals surface area contributed by atoms with E-state index in [0.29, 0.717) is 52.4 Å². The van der Waals surface area contributed by atoms with Gasteiger partial charge in [-0.15, -0.1) is 0 Å². The van der Waals surface area contributed by atoms with E-state index < -0.39 is 0 Å². The molecule has 13 aromatic rings. The highest BCUT2D eigenvalue weighted by molar-refractivity contribution is 6.12. The summed E-state index contributed by atoms with van der Waals surface area (Å²) in [7, 11) is 0. The summed E-state index contributed by atoms with van der Waals surface area (Å²) in [6.45, 7) is 7.60. The Morgan fingerprint density at radius 2 is 0.694 bits per heavy atom. The molecule has 0 aliphatic carbocycles. The van der Waals surface area contributed by atoms with E-state index >= 15 is 0 Å². The van der Waals surface area contributed by atoms with Gasteiger partial charge in [-0.05, 0) is 88.4 Å². The molecule has 0 saturated carbocycles. The fourth-order valence-electron chi connectivity index (χ4n) is 10.0. The highest BCUT2D eigenvalue weighted by atomic mass is 15.1. The van der Waals surface area contributed by atoms with Crippen LogP contribution in [-0.4, -0.2) is 59.0 Å². The van der Waals surface area contributed by atoms with Gasteiger partial charge in [-0.2, -0.15) is 0 Å². The lowest BCUT2D eigenvalue weighted by atomic mass is 10.00. The second-order valence-corrected chi connectivity index (χ2v) is 17.8. The lowest BCUT2D eigenvalue weighted by molar-refractivity contribution is 0.928. The van der Waals surface area contributed by atoms with Crippen LogP contribution in [0.3, 0.4) is 0 Å². The van der Waals surface area contributed by atoms with Crippen LogP contribution in [0.5, 0.6) is 0 Å². The van der Waals surface area contributed by atoms with Gasteiger partial charge in [0.15, 0.2) is 29.1 Å². The van der Waals surface area contributed by atoms with Gasteiger partial charge in [0.1, 0.15) is 23.3 Å². The highest BCUT2D eigenvalue weighted by Gasteiger charge is 2.23. The van der Waals surface area contributed by atoms with Crippen LogP contribution < -0.4 is 0 Å². The molecule has 0 bridgehead atoms. The molecule has 13 rings (SSSR count). The number of hydrogen-bond donors (Lipinski definition) is 0. The molecule has 342 valence electrons. The first-order valence-electron chi connectivity index (χ1n) is 23.7. The molecule has 6 heterocycles. The van der Waals surface area contributed by atoms with Crippen molar-refractivity contribution in [1.82, 2.24) is 59.0 Å². The summed E-state index contributed by atoms with van der Waals surface area (Å²) < 4.78 is 4.69. The summed E-state index contributed by atoms with van der Waals surface area (Å²) in [5.74, 6) is 5.72. The molecular weight excluding hydrogens is 889 g/mol. The summed E-state index contributed by atoms with van der Waals surface area (Å²) in [5.41, 5.74) is 12.3. The van der Waals surface area contributed by atoms with Crippen LogP contribution in [0.25, 0.3) is 123 Å². The molecule has 0 spiro atoms. The maximum absolute atomic E-state index is 5.19. The Morgan fingerprint density at radius 3 is 1.21 bits per heavy atom. The number of fused-ring (bicyclic) bond motifs is 6. The zero-order chi connectivity index (χ0) is 48.5. The Labute approximate surface area is 413 Å². The third kappa shape index (κ3) is 7.32. The van der Waals surface area contributed by atoms with Crippen LogP contribution in [0.15, 0.2) is 182 Å². The molecule has 0 amide bonds. The number of pyridine rings is 1. The smallest absolute Gasteiger partial charge is 0.164 e. The molecule has 0 atom stereocenters. The maximum atomic E-state index is 5.19. The van der Waals surface area contributed by atoms with E-state index in [4.69, 9.17) is 39.9 Å². The van der Waals surface area contributed by atoms with E-state index in [-0.39, 0.29) is 0 Å². The van der Waals surface area contributed by atoms with Crippen molar-refractivity contribution in [2.24, 2.45) is 0 Å². The summed E-state index contributed by atoms with van der Waals surface area (Å²) in [5, 5.41) is 4.33. The quantitative estimate of drug-likeness (QED) is 0.145. The topological polar surface area (TPSA) is 139 Å². The third-order valence-electron chi connectivity index (χ3n) is 13.1. The van der Waals surface area contributed by atoms with Crippen molar-refractivity contribution < 1.29 is 0 Å². The molecule has 0 saturated heterocycles. The van der Waals surface area contributed by atoms with E-state index in [1.807, 2.05) is 101 Å². The molecule has 0 aliphatic heterocycles. The van der Waals surface area contributed by atoms with Crippen molar-refractivity contribution >= 4 is 43.6 Å². The van der Waals surface area contributed by atoms with Gasteiger partial charge in [0.2, 0.25) is 0 Å². The molecule has 0 radical (unpaired) electrons. The number of rotatable bonds is 8. The van der Waals surface area contributed by atoms with Crippen molar-refractivity contribution in [3.05, 3.63) is 206 Å². The van der Waals surface area contributed by atoms with E-state index in [1.165, 1.54) is 0 Å². The number of hydrogen-bond acceptors (Lipinski definition) is 10. The largest absolute Gasteiger partial charge is 0.309 e. The molecule has 0 unspecified atom stereocenters. The molecule has 12 nitrogen and oxygen atoms in total. The monoisotopic (exact) mass is 930 g/mol. The number of benzene rings is 7. The Hall–Kier alpha value is -9.68. The first-order chi connectivity index (χ1) is 35.3. The standard InChI is InChI=1S/C60H42N12/c1-35-62-36(2)65-58(64-35)41-24-27-52-47(31-41)44-19-11-13-21-50(44)71(52)54-29-30-61-34-49(54)46-26-23-43(60-69-56(39-15-7-5-8-16-39)68-57(70-60)40-17-9-6-10-18-40)33-55(46)72-51-22-14-12-20-45(51)48-32-42(25-28-53(48)72)59-66-37(3)63-38(4)67-59/h5-34H,1-4H3. The molecule has 72 heavy (non-hydrogen) atoms. The number of para-hydroxylation sites is 2. The predicted molar refractivity (Wildman–Crippen MR) is 285 cm³/mol. The van der Waals surface area contributed by atoms with Crippen LogP contribution in [0.1, 0.15) is 23.3 Å². The zero-order valence-electron chi connectivity index (χ0n) is 39.7. The normalized spacial score (nSPS) is 11.6. The molecule has 0 aliphatic rings. The highest BCUT2D eigenvalue weighted by Crippen LogP contribution is 2.43. The van der Waals surface area contributed by atoms with Gasteiger partial charge in [-0.3, -0.25) is 4.98 Å². The summed E-state index contributed by atoms with van der Waals surface area (Å²) in [6.07, 6.45) is 3.84. The zero-order valence-corrected chi connectivity index (χ0v) is 39.7. The van der Waals surface area contributed by atoms with Crippen LogP contribution in [0.4, 0.5) is 0 Å². The number of nitrogens with zero attached hydrogens (tertiary/aromatic N) is 12. The van der Waals surface area contributed by atoms with Crippen molar-refractivity contribution in [3.63, 3.8) is 0 Å². The SMILES string of the molecule is Cc1nc(C)nc(-c2ccc3c(c2)c2ccccc2n3-c2ccncc2-c2ccc(-c3nc(-c4ccccc4)nc(-c4ccccc4)n3)cc2-n2c3ccccc3c3cc(-c4nc(C)nc(C)n4)ccc32)n1. The Bertz CT molecular complexity index is 4180. The fraction of sp³-hybridized carbons (Fsp3) is 0.0667. The average Bonchev–Trinajstić information content (AvgIpc) is 3.92. The fourth-order valence-corrected chi connectivity index (χ4v) is 10.0. The molecule has 0 fully saturated rings. The minimum absolute atomic E-state index is 0.548. The average molecular weight is 931 g/mol. The van der Waals surface area contributed by atoms with E-state index in [2.05, 4.69) is 128 Å². The Morgan fingerprint density at radius 1 is 0.292 bits per heavy atom. The first kappa shape index (κ1) is 42.4. The molecule has 7 aromatic carbocycles. The summed E-state index contributed by atoms with van der Waals surface area (Å²) in [6, 6.07) is 58.7.